The van der Waals surface area contributed by atoms with E-state index in [1.165, 1.54) is 0 Å². The summed E-state index contributed by atoms with van der Waals surface area (Å²) in [6, 6.07) is 0. The minimum absolute atomic E-state index is 0.0432. The summed E-state index contributed by atoms with van der Waals surface area (Å²) in [5.74, 6) is 0.408. The monoisotopic (exact) mass is 214 g/mol. The van der Waals surface area contributed by atoms with Crippen molar-refractivity contribution in [1.82, 2.24) is 0 Å². The third-order valence-corrected chi connectivity index (χ3v) is 2.75. The van der Waals surface area contributed by atoms with Gasteiger partial charge < -0.3 is 4.74 Å². The van der Waals surface area contributed by atoms with E-state index in [2.05, 4.69) is 13.8 Å². The van der Waals surface area contributed by atoms with Crippen LogP contribution in [0.1, 0.15) is 60.8 Å². The van der Waals surface area contributed by atoms with Gasteiger partial charge in [0.2, 0.25) is 0 Å². The minimum atomic E-state index is -0.390. The average molecular weight is 214 g/mol. The lowest BCUT2D eigenvalue weighted by Gasteiger charge is -2.26. The molecule has 0 amide bonds. The van der Waals surface area contributed by atoms with Gasteiger partial charge in [0.25, 0.3) is 0 Å². The van der Waals surface area contributed by atoms with Crippen molar-refractivity contribution in [3.05, 3.63) is 0 Å². The molecule has 15 heavy (non-hydrogen) atoms. The quantitative estimate of drug-likeness (QED) is 0.651. The summed E-state index contributed by atoms with van der Waals surface area (Å²) in [5.41, 5.74) is -0.390. The Hall–Kier alpha value is -0.530. The van der Waals surface area contributed by atoms with Gasteiger partial charge in [-0.2, -0.15) is 0 Å². The van der Waals surface area contributed by atoms with E-state index in [9.17, 15) is 4.79 Å². The van der Waals surface area contributed by atoms with Crippen LogP contribution < -0.4 is 0 Å². The third kappa shape index (κ3) is 5.19. The predicted octanol–water partition coefficient (Wildman–Crippen LogP) is 3.79. The molecule has 2 heteroatoms. The Morgan fingerprint density at radius 3 is 2.13 bits per heavy atom. The lowest BCUT2D eigenvalue weighted by Crippen LogP contribution is -2.30. The fourth-order valence-corrected chi connectivity index (χ4v) is 1.58. The number of hydrogen-bond donors (Lipinski definition) is 0. The van der Waals surface area contributed by atoms with Gasteiger partial charge in [-0.1, -0.05) is 20.3 Å². The van der Waals surface area contributed by atoms with Crippen LogP contribution in [0, 0.1) is 11.3 Å². The maximum atomic E-state index is 11.7. The number of esters is 1. The standard InChI is InChI=1S/C13H26O2/c1-7-9-11(8-2)10(3)15-12(14)13(4,5)6/h10-11H,7-9H2,1-6H3. The summed E-state index contributed by atoms with van der Waals surface area (Å²) in [4.78, 5) is 11.7. The molecule has 0 fully saturated rings. The van der Waals surface area contributed by atoms with Gasteiger partial charge in [-0.05, 0) is 46.5 Å². The highest BCUT2D eigenvalue weighted by Gasteiger charge is 2.27. The summed E-state index contributed by atoms with van der Waals surface area (Å²) in [6.45, 7) is 12.0. The molecule has 0 N–H and O–H groups in total. The van der Waals surface area contributed by atoms with Gasteiger partial charge in [0.05, 0.1) is 5.41 Å². The van der Waals surface area contributed by atoms with Gasteiger partial charge in [0.1, 0.15) is 6.10 Å². The van der Waals surface area contributed by atoms with Crippen LogP contribution in [-0.4, -0.2) is 12.1 Å². The van der Waals surface area contributed by atoms with Crippen molar-refractivity contribution < 1.29 is 9.53 Å². The van der Waals surface area contributed by atoms with Gasteiger partial charge in [-0.25, -0.2) is 0 Å². The Balaban J connectivity index is 4.21. The fraction of sp³-hybridized carbons (Fsp3) is 0.923. The summed E-state index contributed by atoms with van der Waals surface area (Å²) in [5, 5.41) is 0. The van der Waals surface area contributed by atoms with Crippen molar-refractivity contribution in [2.45, 2.75) is 66.9 Å². The molecule has 0 aliphatic rings. The van der Waals surface area contributed by atoms with Crippen molar-refractivity contribution in [3.8, 4) is 0 Å². The number of carbonyl (C=O) groups excluding carboxylic acids is 1. The van der Waals surface area contributed by atoms with Crippen LogP contribution in [0.5, 0.6) is 0 Å². The summed E-state index contributed by atoms with van der Waals surface area (Å²) < 4.78 is 5.48. The summed E-state index contributed by atoms with van der Waals surface area (Å²) >= 11 is 0. The van der Waals surface area contributed by atoms with Crippen LogP contribution in [0.3, 0.4) is 0 Å². The molecule has 0 heterocycles. The Kier molecular flexibility index (Phi) is 5.92. The van der Waals surface area contributed by atoms with Gasteiger partial charge in [-0.15, -0.1) is 0 Å². The number of ether oxygens (including phenoxy) is 1. The molecule has 2 nitrogen and oxygen atoms in total. The Bertz CT molecular complexity index is 191. The SMILES string of the molecule is CCCC(CC)C(C)OC(=O)C(C)(C)C. The zero-order chi connectivity index (χ0) is 12.1. The van der Waals surface area contributed by atoms with E-state index < -0.39 is 5.41 Å². The van der Waals surface area contributed by atoms with Crippen LogP contribution in [0.2, 0.25) is 0 Å². The number of hydrogen-bond acceptors (Lipinski definition) is 2. The minimum Gasteiger partial charge on any atom is -0.462 e. The van der Waals surface area contributed by atoms with Crippen LogP contribution in [0.15, 0.2) is 0 Å². The van der Waals surface area contributed by atoms with E-state index in [4.69, 9.17) is 4.74 Å². The largest absolute Gasteiger partial charge is 0.462 e. The van der Waals surface area contributed by atoms with Crippen molar-refractivity contribution >= 4 is 5.97 Å². The molecule has 0 aliphatic heterocycles. The number of carbonyl (C=O) groups is 1. The molecule has 0 aliphatic carbocycles. The normalized spacial score (nSPS) is 15.9. The second-order valence-electron chi connectivity index (χ2n) is 5.32. The van der Waals surface area contributed by atoms with Gasteiger partial charge >= 0.3 is 5.97 Å². The molecule has 0 rings (SSSR count). The van der Waals surface area contributed by atoms with E-state index in [0.717, 1.165) is 19.3 Å². The van der Waals surface area contributed by atoms with Crippen molar-refractivity contribution in [2.24, 2.45) is 11.3 Å². The molecule has 90 valence electrons. The topological polar surface area (TPSA) is 26.3 Å². The molecule has 2 atom stereocenters. The molecular weight excluding hydrogens is 188 g/mol. The summed E-state index contributed by atoms with van der Waals surface area (Å²) in [6.07, 6.45) is 3.40. The highest BCUT2D eigenvalue weighted by Crippen LogP contribution is 2.22. The lowest BCUT2D eigenvalue weighted by molar-refractivity contribution is -0.160. The van der Waals surface area contributed by atoms with Crippen molar-refractivity contribution in [2.75, 3.05) is 0 Å². The average Bonchev–Trinajstić information content (AvgIpc) is 2.12. The highest BCUT2D eigenvalue weighted by atomic mass is 16.5. The predicted molar refractivity (Wildman–Crippen MR) is 63.7 cm³/mol. The van der Waals surface area contributed by atoms with Gasteiger partial charge in [0.15, 0.2) is 0 Å². The van der Waals surface area contributed by atoms with Crippen molar-refractivity contribution in [1.29, 1.82) is 0 Å². The van der Waals surface area contributed by atoms with Gasteiger partial charge in [0, 0.05) is 0 Å². The highest BCUT2D eigenvalue weighted by molar-refractivity contribution is 5.75. The molecule has 2 unspecified atom stereocenters. The molecule has 0 aromatic heterocycles. The first-order valence-corrected chi connectivity index (χ1v) is 6.04. The molecule has 0 aromatic carbocycles. The first-order valence-electron chi connectivity index (χ1n) is 6.04. The Labute approximate surface area is 94.4 Å². The molecule has 0 bridgehead atoms. The first kappa shape index (κ1) is 14.5. The maximum absolute atomic E-state index is 11.7. The van der Waals surface area contributed by atoms with Crippen LogP contribution in [0.25, 0.3) is 0 Å². The van der Waals surface area contributed by atoms with Crippen LogP contribution in [0.4, 0.5) is 0 Å². The second-order valence-corrected chi connectivity index (χ2v) is 5.32. The zero-order valence-electron chi connectivity index (χ0n) is 11.1. The van der Waals surface area contributed by atoms with E-state index in [1.54, 1.807) is 0 Å². The zero-order valence-corrected chi connectivity index (χ0v) is 11.1. The van der Waals surface area contributed by atoms with E-state index in [-0.39, 0.29) is 12.1 Å². The van der Waals surface area contributed by atoms with E-state index in [0.29, 0.717) is 5.92 Å². The summed E-state index contributed by atoms with van der Waals surface area (Å²) in [7, 11) is 0. The van der Waals surface area contributed by atoms with Gasteiger partial charge in [-0.3, -0.25) is 4.79 Å². The van der Waals surface area contributed by atoms with Crippen LogP contribution in [-0.2, 0) is 9.53 Å². The molecule has 0 saturated heterocycles. The molecular formula is C13H26O2. The van der Waals surface area contributed by atoms with Crippen LogP contribution >= 0.6 is 0 Å². The third-order valence-electron chi connectivity index (χ3n) is 2.75. The maximum Gasteiger partial charge on any atom is 0.311 e. The molecule has 0 aromatic rings. The number of rotatable bonds is 5. The smallest absolute Gasteiger partial charge is 0.311 e. The molecule has 0 radical (unpaired) electrons. The Morgan fingerprint density at radius 1 is 1.27 bits per heavy atom. The Morgan fingerprint density at radius 2 is 1.80 bits per heavy atom. The lowest BCUT2D eigenvalue weighted by atomic mass is 9.94. The van der Waals surface area contributed by atoms with E-state index >= 15 is 0 Å². The fourth-order valence-electron chi connectivity index (χ4n) is 1.58. The molecule has 0 spiro atoms. The van der Waals surface area contributed by atoms with Crippen molar-refractivity contribution in [3.63, 3.8) is 0 Å². The molecule has 0 saturated carbocycles. The van der Waals surface area contributed by atoms with E-state index in [1.807, 2.05) is 27.7 Å². The first-order chi connectivity index (χ1) is 6.82. The second kappa shape index (κ2) is 6.14.